The van der Waals surface area contributed by atoms with Crippen molar-refractivity contribution in [3.63, 3.8) is 0 Å². The van der Waals surface area contributed by atoms with E-state index in [0.717, 1.165) is 24.1 Å². The van der Waals surface area contributed by atoms with Gasteiger partial charge in [-0.15, -0.1) is 0 Å². The fraction of sp³-hybridized carbons (Fsp3) is 0.250. The van der Waals surface area contributed by atoms with Crippen molar-refractivity contribution in [1.82, 2.24) is 20.1 Å². The van der Waals surface area contributed by atoms with E-state index in [4.69, 9.17) is 0 Å². The number of likely N-dealkylation sites (tertiary alicyclic amines) is 1. The summed E-state index contributed by atoms with van der Waals surface area (Å²) >= 11 is 0. The van der Waals surface area contributed by atoms with E-state index >= 15 is 0 Å². The molecule has 1 atom stereocenters. The summed E-state index contributed by atoms with van der Waals surface area (Å²) in [5.41, 5.74) is 2.91. The third-order valence-corrected chi connectivity index (χ3v) is 4.82. The molecule has 0 spiro atoms. The summed E-state index contributed by atoms with van der Waals surface area (Å²) in [6.45, 7) is 0.694. The average molecular weight is 350 g/mol. The second kappa shape index (κ2) is 7.07. The highest BCUT2D eigenvalue weighted by molar-refractivity contribution is 5.80. The van der Waals surface area contributed by atoms with E-state index in [0.29, 0.717) is 24.1 Å². The summed E-state index contributed by atoms with van der Waals surface area (Å²) < 4.78 is 14.2. The number of amides is 1. The van der Waals surface area contributed by atoms with Crippen molar-refractivity contribution >= 4 is 5.91 Å². The first-order valence-electron chi connectivity index (χ1n) is 8.70. The van der Waals surface area contributed by atoms with Crippen LogP contribution in [0.15, 0.2) is 55.0 Å². The Labute approximate surface area is 150 Å². The summed E-state index contributed by atoms with van der Waals surface area (Å²) in [5, 5.41) is 7.12. The molecule has 1 N–H and O–H groups in total. The molecule has 4 rings (SSSR count). The predicted molar refractivity (Wildman–Crippen MR) is 95.6 cm³/mol. The van der Waals surface area contributed by atoms with Crippen molar-refractivity contribution < 1.29 is 9.18 Å². The number of nitrogens with zero attached hydrogens (tertiary/aromatic N) is 3. The van der Waals surface area contributed by atoms with Crippen LogP contribution in [0.2, 0.25) is 0 Å². The number of H-pyrrole nitrogens is 1. The minimum atomic E-state index is -0.290. The van der Waals surface area contributed by atoms with Crippen LogP contribution in [0, 0.1) is 5.82 Å². The summed E-state index contributed by atoms with van der Waals surface area (Å²) in [5.74, 6) is -0.240. The first-order valence-corrected chi connectivity index (χ1v) is 8.70. The molecular weight excluding hydrogens is 331 g/mol. The molecule has 1 fully saturated rings. The van der Waals surface area contributed by atoms with Gasteiger partial charge in [0, 0.05) is 30.1 Å². The first-order chi connectivity index (χ1) is 12.7. The number of aromatic amines is 1. The van der Waals surface area contributed by atoms with E-state index in [2.05, 4.69) is 15.2 Å². The van der Waals surface area contributed by atoms with Gasteiger partial charge in [0.25, 0.3) is 0 Å². The van der Waals surface area contributed by atoms with Crippen LogP contribution in [0.5, 0.6) is 0 Å². The number of carbonyl (C=O) groups excluding carboxylic acids is 1. The summed E-state index contributed by atoms with van der Waals surface area (Å²) in [6.07, 6.45) is 7.10. The van der Waals surface area contributed by atoms with Crippen molar-refractivity contribution in [2.45, 2.75) is 25.3 Å². The van der Waals surface area contributed by atoms with Gasteiger partial charge in [0.15, 0.2) is 0 Å². The molecule has 2 aromatic heterocycles. The highest BCUT2D eigenvalue weighted by Gasteiger charge is 2.33. The lowest BCUT2D eigenvalue weighted by atomic mass is 10.00. The molecule has 132 valence electrons. The van der Waals surface area contributed by atoms with Gasteiger partial charge in [-0.25, -0.2) is 4.39 Å². The van der Waals surface area contributed by atoms with Crippen molar-refractivity contribution in [1.29, 1.82) is 0 Å². The van der Waals surface area contributed by atoms with Gasteiger partial charge in [-0.3, -0.25) is 14.9 Å². The fourth-order valence-corrected chi connectivity index (χ4v) is 3.59. The zero-order chi connectivity index (χ0) is 17.9. The Morgan fingerprint density at radius 1 is 1.19 bits per heavy atom. The van der Waals surface area contributed by atoms with Crippen LogP contribution in [0.4, 0.5) is 4.39 Å². The summed E-state index contributed by atoms with van der Waals surface area (Å²) in [4.78, 5) is 18.8. The maximum absolute atomic E-state index is 14.2. The number of rotatable bonds is 4. The lowest BCUT2D eigenvalue weighted by Crippen LogP contribution is -2.32. The fourth-order valence-electron chi connectivity index (χ4n) is 3.59. The Hall–Kier alpha value is -3.02. The second-order valence-corrected chi connectivity index (χ2v) is 6.46. The zero-order valence-electron chi connectivity index (χ0n) is 14.2. The Kier molecular flexibility index (Phi) is 4.48. The molecule has 1 aliphatic rings. The second-order valence-electron chi connectivity index (χ2n) is 6.46. The van der Waals surface area contributed by atoms with Crippen LogP contribution in [0.25, 0.3) is 11.1 Å². The molecule has 0 radical (unpaired) electrons. The molecule has 0 unspecified atom stereocenters. The van der Waals surface area contributed by atoms with Gasteiger partial charge in [-0.2, -0.15) is 5.10 Å². The highest BCUT2D eigenvalue weighted by atomic mass is 19.1. The SMILES string of the molecule is O=C(Cc1cccnc1)N1CCC[C@@H]1c1[nH]ncc1-c1ccccc1F. The minimum absolute atomic E-state index is 0.0505. The molecule has 1 aliphatic heterocycles. The first kappa shape index (κ1) is 16.4. The van der Waals surface area contributed by atoms with Gasteiger partial charge >= 0.3 is 0 Å². The minimum Gasteiger partial charge on any atom is -0.334 e. The van der Waals surface area contributed by atoms with E-state index in [1.807, 2.05) is 17.0 Å². The Morgan fingerprint density at radius 3 is 2.88 bits per heavy atom. The summed E-state index contributed by atoms with van der Waals surface area (Å²) in [6, 6.07) is 10.3. The van der Waals surface area contributed by atoms with Gasteiger partial charge in [-0.1, -0.05) is 24.3 Å². The maximum Gasteiger partial charge on any atom is 0.227 e. The molecule has 3 aromatic rings. The topological polar surface area (TPSA) is 61.9 Å². The lowest BCUT2D eigenvalue weighted by molar-refractivity contribution is -0.131. The number of halogens is 1. The van der Waals surface area contributed by atoms with Crippen LogP contribution in [-0.2, 0) is 11.2 Å². The zero-order valence-corrected chi connectivity index (χ0v) is 14.2. The maximum atomic E-state index is 14.2. The van der Waals surface area contributed by atoms with Crippen LogP contribution >= 0.6 is 0 Å². The molecule has 26 heavy (non-hydrogen) atoms. The molecule has 3 heterocycles. The Bertz CT molecular complexity index is 909. The van der Waals surface area contributed by atoms with Crippen molar-refractivity contribution in [3.05, 3.63) is 72.1 Å². The van der Waals surface area contributed by atoms with Crippen LogP contribution < -0.4 is 0 Å². The third-order valence-electron chi connectivity index (χ3n) is 4.82. The normalized spacial score (nSPS) is 16.8. The molecule has 1 saturated heterocycles. The molecule has 0 saturated carbocycles. The van der Waals surface area contributed by atoms with Gasteiger partial charge < -0.3 is 4.90 Å². The molecule has 6 heteroatoms. The lowest BCUT2D eigenvalue weighted by Gasteiger charge is -2.25. The van der Waals surface area contributed by atoms with E-state index in [1.54, 1.807) is 36.8 Å². The van der Waals surface area contributed by atoms with Crippen molar-refractivity contribution in [3.8, 4) is 11.1 Å². The number of carbonyl (C=O) groups is 1. The van der Waals surface area contributed by atoms with E-state index in [9.17, 15) is 9.18 Å². The van der Waals surface area contributed by atoms with E-state index < -0.39 is 0 Å². The highest BCUT2D eigenvalue weighted by Crippen LogP contribution is 2.37. The standard InChI is InChI=1S/C20H19FN4O/c21-17-7-2-1-6-15(17)16-13-23-24-20(16)18-8-4-10-25(18)19(26)11-14-5-3-9-22-12-14/h1-3,5-7,9,12-13,18H,4,8,10-11H2,(H,23,24)/t18-/m1/s1. The largest absolute Gasteiger partial charge is 0.334 e. The van der Waals surface area contributed by atoms with Gasteiger partial charge in [-0.05, 0) is 30.5 Å². The Morgan fingerprint density at radius 2 is 2.08 bits per heavy atom. The number of hydrogen-bond acceptors (Lipinski definition) is 3. The summed E-state index contributed by atoms with van der Waals surface area (Å²) in [7, 11) is 0. The number of benzene rings is 1. The van der Waals surface area contributed by atoms with E-state index in [1.165, 1.54) is 6.07 Å². The average Bonchev–Trinajstić information content (AvgIpc) is 3.32. The van der Waals surface area contributed by atoms with Gasteiger partial charge in [0.1, 0.15) is 5.82 Å². The van der Waals surface area contributed by atoms with Crippen molar-refractivity contribution in [2.75, 3.05) is 6.54 Å². The number of aromatic nitrogens is 3. The molecule has 0 bridgehead atoms. The quantitative estimate of drug-likeness (QED) is 0.783. The number of nitrogens with one attached hydrogen (secondary N) is 1. The Balaban J connectivity index is 1.61. The number of hydrogen-bond donors (Lipinski definition) is 1. The molecule has 5 nitrogen and oxygen atoms in total. The van der Waals surface area contributed by atoms with Gasteiger partial charge in [0.2, 0.25) is 5.91 Å². The molecular formula is C20H19FN4O. The van der Waals surface area contributed by atoms with Gasteiger partial charge in [0.05, 0.1) is 24.4 Å². The monoisotopic (exact) mass is 350 g/mol. The van der Waals surface area contributed by atoms with Crippen LogP contribution in [0.3, 0.4) is 0 Å². The van der Waals surface area contributed by atoms with Crippen molar-refractivity contribution in [2.24, 2.45) is 0 Å². The molecule has 0 aliphatic carbocycles. The van der Waals surface area contributed by atoms with Crippen LogP contribution in [0.1, 0.15) is 30.1 Å². The third kappa shape index (κ3) is 3.10. The molecule has 1 amide bonds. The van der Waals surface area contributed by atoms with Crippen LogP contribution in [-0.4, -0.2) is 32.5 Å². The predicted octanol–water partition coefficient (Wildman–Crippen LogP) is 3.52. The molecule has 1 aromatic carbocycles. The van der Waals surface area contributed by atoms with E-state index in [-0.39, 0.29) is 17.8 Å². The smallest absolute Gasteiger partial charge is 0.227 e. The number of pyridine rings is 1.